The topological polar surface area (TPSA) is 70.4 Å². The van der Waals surface area contributed by atoms with Crippen LogP contribution in [-0.4, -0.2) is 25.4 Å². The average Bonchev–Trinajstić information content (AvgIpc) is 2.83. The lowest BCUT2D eigenvalue weighted by Crippen LogP contribution is -2.01. The van der Waals surface area contributed by atoms with E-state index in [1.54, 1.807) is 0 Å². The van der Waals surface area contributed by atoms with Crippen LogP contribution < -0.4 is 0 Å². The number of carboxylic acids is 1. The second-order valence-corrected chi connectivity index (χ2v) is 5.36. The van der Waals surface area contributed by atoms with Crippen molar-refractivity contribution in [2.24, 2.45) is 0 Å². The van der Waals surface area contributed by atoms with Crippen LogP contribution in [0.3, 0.4) is 0 Å². The zero-order chi connectivity index (χ0) is 13.7. The van der Waals surface area contributed by atoms with Crippen LogP contribution in [0, 0.1) is 13.8 Å². The average molecular weight is 322 g/mol. The molecular weight excluding hydrogens is 310 g/mol. The monoisotopic (exact) mass is 321 g/mol. The normalized spacial score (nSPS) is 11.5. The summed E-state index contributed by atoms with van der Waals surface area (Å²) in [6.07, 6.45) is -0.0592. The van der Waals surface area contributed by atoms with Crippen molar-refractivity contribution < 1.29 is 9.90 Å². The van der Waals surface area contributed by atoms with Gasteiger partial charge in [-0.2, -0.15) is 0 Å². The minimum Gasteiger partial charge on any atom is -0.481 e. The number of rotatable bonds is 2. The lowest BCUT2D eigenvalue weighted by Gasteiger charge is -2.01. The van der Waals surface area contributed by atoms with E-state index in [2.05, 4.69) is 25.9 Å². The van der Waals surface area contributed by atoms with Crippen molar-refractivity contribution in [3.63, 3.8) is 0 Å². The van der Waals surface area contributed by atoms with Crippen LogP contribution in [0.4, 0.5) is 0 Å². The number of aryl methyl sites for hydroxylation is 2. The van der Waals surface area contributed by atoms with Crippen molar-refractivity contribution in [3.8, 4) is 0 Å². The molecule has 2 N–H and O–H groups in total. The van der Waals surface area contributed by atoms with Crippen LogP contribution in [0.1, 0.15) is 16.8 Å². The fourth-order valence-electron chi connectivity index (χ4n) is 2.25. The summed E-state index contributed by atoms with van der Waals surface area (Å²) >= 11 is 3.45. The molecule has 0 atom stereocenters. The largest absolute Gasteiger partial charge is 0.481 e. The van der Waals surface area contributed by atoms with Gasteiger partial charge in [-0.3, -0.25) is 9.20 Å². The van der Waals surface area contributed by atoms with Gasteiger partial charge in [0, 0.05) is 0 Å². The molecule has 0 spiro atoms. The van der Waals surface area contributed by atoms with Gasteiger partial charge in [0.25, 0.3) is 0 Å². The third-order valence-corrected chi connectivity index (χ3v) is 4.22. The Hall–Kier alpha value is -1.82. The number of aliphatic carboxylic acids is 1. The molecule has 0 amide bonds. The molecule has 0 aliphatic carbocycles. The smallest absolute Gasteiger partial charge is 0.309 e. The second-order valence-electron chi connectivity index (χ2n) is 4.61. The first kappa shape index (κ1) is 12.2. The summed E-state index contributed by atoms with van der Waals surface area (Å²) in [5, 5.41) is 8.88. The van der Waals surface area contributed by atoms with Gasteiger partial charge in [0.2, 0.25) is 5.78 Å². The summed E-state index contributed by atoms with van der Waals surface area (Å²) in [6.45, 7) is 4.09. The van der Waals surface area contributed by atoms with Crippen molar-refractivity contribution in [3.05, 3.63) is 33.6 Å². The van der Waals surface area contributed by atoms with E-state index in [0.29, 0.717) is 11.5 Å². The van der Waals surface area contributed by atoms with Crippen LogP contribution in [0.5, 0.6) is 0 Å². The van der Waals surface area contributed by atoms with Gasteiger partial charge in [-0.1, -0.05) is 6.07 Å². The number of halogens is 1. The molecule has 0 saturated carbocycles. The van der Waals surface area contributed by atoms with Gasteiger partial charge in [-0.15, -0.1) is 0 Å². The van der Waals surface area contributed by atoms with Crippen LogP contribution in [-0.2, 0) is 11.2 Å². The quantitative estimate of drug-likeness (QED) is 0.762. The molecule has 3 rings (SSSR count). The summed E-state index contributed by atoms with van der Waals surface area (Å²) in [4.78, 5) is 18.4. The second kappa shape index (κ2) is 4.09. The number of hydrogen-bond donors (Lipinski definition) is 2. The maximum atomic E-state index is 10.8. The molecule has 98 valence electrons. The van der Waals surface area contributed by atoms with Gasteiger partial charge < -0.3 is 10.1 Å². The van der Waals surface area contributed by atoms with E-state index < -0.39 is 5.97 Å². The summed E-state index contributed by atoms with van der Waals surface area (Å²) in [5.74, 6) is -0.214. The summed E-state index contributed by atoms with van der Waals surface area (Å²) in [7, 11) is 0. The molecule has 19 heavy (non-hydrogen) atoms. The van der Waals surface area contributed by atoms with E-state index in [9.17, 15) is 4.79 Å². The first-order valence-electron chi connectivity index (χ1n) is 5.85. The van der Waals surface area contributed by atoms with Crippen molar-refractivity contribution in [1.29, 1.82) is 0 Å². The van der Waals surface area contributed by atoms with Crippen LogP contribution in [0.2, 0.25) is 0 Å². The minimum absolute atomic E-state index is 0.0592. The van der Waals surface area contributed by atoms with Gasteiger partial charge in [0.1, 0.15) is 4.60 Å². The Morgan fingerprint density at radius 3 is 2.89 bits per heavy atom. The number of H-pyrrole nitrogens is 1. The number of imidazole rings is 2. The zero-order valence-electron chi connectivity index (χ0n) is 10.5. The van der Waals surface area contributed by atoms with Crippen molar-refractivity contribution in [1.82, 2.24) is 14.4 Å². The van der Waals surface area contributed by atoms with Gasteiger partial charge in [-0.05, 0) is 47.0 Å². The van der Waals surface area contributed by atoms with Gasteiger partial charge in [0.05, 0.1) is 23.1 Å². The van der Waals surface area contributed by atoms with Crippen LogP contribution in [0.25, 0.3) is 16.8 Å². The van der Waals surface area contributed by atoms with Crippen LogP contribution in [0.15, 0.2) is 16.7 Å². The van der Waals surface area contributed by atoms with E-state index in [0.717, 1.165) is 21.2 Å². The fourth-order valence-corrected chi connectivity index (χ4v) is 2.85. The number of hydrogen-bond acceptors (Lipinski definition) is 2. The molecule has 0 aliphatic heterocycles. The third-order valence-electron chi connectivity index (χ3n) is 3.39. The number of nitrogens with one attached hydrogen (secondary N) is 1. The highest BCUT2D eigenvalue weighted by Crippen LogP contribution is 2.27. The Kier molecular flexibility index (Phi) is 2.63. The third kappa shape index (κ3) is 1.74. The van der Waals surface area contributed by atoms with Gasteiger partial charge in [0.15, 0.2) is 0 Å². The molecule has 5 nitrogen and oxygen atoms in total. The molecule has 0 saturated heterocycles. The summed E-state index contributed by atoms with van der Waals surface area (Å²) < 4.78 is 2.62. The fraction of sp³-hybridized carbons (Fsp3) is 0.231. The highest BCUT2D eigenvalue weighted by Gasteiger charge is 2.17. The van der Waals surface area contributed by atoms with Crippen molar-refractivity contribution in [2.45, 2.75) is 20.3 Å². The van der Waals surface area contributed by atoms with E-state index >= 15 is 0 Å². The number of aromatic nitrogens is 3. The zero-order valence-corrected chi connectivity index (χ0v) is 12.1. The molecule has 3 aromatic rings. The molecule has 2 aromatic heterocycles. The van der Waals surface area contributed by atoms with Crippen molar-refractivity contribution in [2.75, 3.05) is 0 Å². The molecule has 0 fully saturated rings. The van der Waals surface area contributed by atoms with E-state index in [4.69, 9.17) is 5.11 Å². The molecular formula is C13H12BrN3O2. The molecule has 0 aliphatic rings. The summed E-state index contributed by atoms with van der Waals surface area (Å²) in [5.41, 5.74) is 4.86. The molecule has 1 aromatic carbocycles. The van der Waals surface area contributed by atoms with E-state index in [-0.39, 0.29) is 6.42 Å². The van der Waals surface area contributed by atoms with Crippen LogP contribution >= 0.6 is 15.9 Å². The van der Waals surface area contributed by atoms with E-state index in [1.165, 1.54) is 5.56 Å². The highest BCUT2D eigenvalue weighted by atomic mass is 79.9. The lowest BCUT2D eigenvalue weighted by molar-refractivity contribution is -0.136. The van der Waals surface area contributed by atoms with Gasteiger partial charge >= 0.3 is 5.97 Å². The maximum Gasteiger partial charge on any atom is 0.309 e. The summed E-state index contributed by atoms with van der Waals surface area (Å²) in [6, 6.07) is 4.04. The standard InChI is InChI=1S/C13H12BrN3O2/c1-6-3-4-9-11(7(6)2)16-13-15-8(5-10(18)19)12(14)17(9)13/h3-4H,5H2,1-2H3,(H,15,16)(H,18,19). The Morgan fingerprint density at radius 2 is 2.21 bits per heavy atom. The molecule has 0 unspecified atom stereocenters. The van der Waals surface area contributed by atoms with Crippen molar-refractivity contribution >= 4 is 38.7 Å². The number of fused-ring (bicyclic) bond motifs is 3. The Labute approximate surface area is 117 Å². The number of nitrogens with zero attached hydrogens (tertiary/aromatic N) is 2. The molecule has 2 heterocycles. The first-order chi connectivity index (χ1) is 8.99. The molecule has 6 heteroatoms. The molecule has 0 bridgehead atoms. The SMILES string of the molecule is Cc1ccc2c(nc3[nH]c(CC(=O)O)c(Br)n32)c1C. The number of aromatic amines is 1. The molecule has 0 radical (unpaired) electrons. The lowest BCUT2D eigenvalue weighted by atomic mass is 10.1. The Morgan fingerprint density at radius 1 is 1.47 bits per heavy atom. The predicted octanol–water partition coefficient (Wildman–Crippen LogP) is 2.82. The minimum atomic E-state index is -0.874. The Balaban J connectivity index is 2.34. The highest BCUT2D eigenvalue weighted by molar-refractivity contribution is 9.10. The Bertz CT molecular complexity index is 816. The van der Waals surface area contributed by atoms with Gasteiger partial charge in [-0.25, -0.2) is 4.98 Å². The first-order valence-corrected chi connectivity index (χ1v) is 6.65. The number of carboxylic acid groups (broad SMARTS) is 1. The predicted molar refractivity (Wildman–Crippen MR) is 75.6 cm³/mol. The van der Waals surface area contributed by atoms with E-state index in [1.807, 2.05) is 30.4 Å². The number of benzene rings is 1. The maximum absolute atomic E-state index is 10.8. The number of carbonyl (C=O) groups is 1.